The third-order valence-corrected chi connectivity index (χ3v) is 4.90. The molecule has 0 saturated heterocycles. The second-order valence-corrected chi connectivity index (χ2v) is 6.79. The lowest BCUT2D eigenvalue weighted by Crippen LogP contribution is -2.44. The van der Waals surface area contributed by atoms with E-state index in [0.29, 0.717) is 11.7 Å². The van der Waals surface area contributed by atoms with Gasteiger partial charge in [0.2, 0.25) is 0 Å². The normalized spacial score (nSPS) is 14.4. The van der Waals surface area contributed by atoms with Gasteiger partial charge >= 0.3 is 5.69 Å². The van der Waals surface area contributed by atoms with E-state index >= 15 is 0 Å². The maximum absolute atomic E-state index is 14.8. The van der Waals surface area contributed by atoms with Crippen LogP contribution in [0.4, 0.5) is 15.9 Å². The number of anilines is 2. The Kier molecular flexibility index (Phi) is 4.30. The Bertz CT molecular complexity index is 1120. The molecule has 6 radical (unpaired) electrons. The summed E-state index contributed by atoms with van der Waals surface area (Å²) in [5.41, 5.74) is 0.939. The zero-order valence-electron chi connectivity index (χ0n) is 14.2. The number of hydrogen-bond donors (Lipinski definition) is 0. The predicted molar refractivity (Wildman–Crippen MR) is 106 cm³/mol. The summed E-state index contributed by atoms with van der Waals surface area (Å²) in [6.07, 6.45) is 3.03. The van der Waals surface area contributed by atoms with Crippen molar-refractivity contribution in [2.45, 2.75) is 18.1 Å². The van der Waals surface area contributed by atoms with Gasteiger partial charge in [-0.15, -0.1) is 0 Å². The van der Waals surface area contributed by atoms with Gasteiger partial charge in [-0.2, -0.15) is 4.98 Å². The van der Waals surface area contributed by atoms with Crippen molar-refractivity contribution in [3.63, 3.8) is 0 Å². The second kappa shape index (κ2) is 6.41. The Labute approximate surface area is 163 Å². The smallest absolute Gasteiger partial charge is 0.325 e. The Balaban J connectivity index is 2.06. The molecule has 1 aliphatic heterocycles. The molecule has 0 atom stereocenters. The average Bonchev–Trinajstić information content (AvgIpc) is 2.60. The summed E-state index contributed by atoms with van der Waals surface area (Å²) < 4.78 is 15.7. The van der Waals surface area contributed by atoms with Crippen molar-refractivity contribution in [3.05, 3.63) is 57.5 Å². The van der Waals surface area contributed by atoms with Gasteiger partial charge in [-0.25, -0.2) is 14.2 Å². The molecular formula is C17H11B3ClFN4O. The zero-order valence-corrected chi connectivity index (χ0v) is 14.9. The third kappa shape index (κ3) is 2.94. The molecule has 3 heterocycles. The van der Waals surface area contributed by atoms with Crippen LogP contribution in [-0.4, -0.2) is 44.6 Å². The number of nitrogens with zero attached hydrogens (tertiary/aromatic N) is 4. The number of hydrogen-bond acceptors (Lipinski definition) is 4. The number of pyridine rings is 1. The minimum atomic E-state index is -2.03. The van der Waals surface area contributed by atoms with Crippen LogP contribution in [0.1, 0.15) is 12.0 Å². The van der Waals surface area contributed by atoms with Gasteiger partial charge in [0.15, 0.2) is 5.82 Å². The fraction of sp³-hybridized carbons (Fsp3) is 0.235. The number of halogens is 2. The molecule has 2 aromatic heterocycles. The maximum Gasteiger partial charge on any atom is 0.348 e. The van der Waals surface area contributed by atoms with Crippen LogP contribution in [0, 0.1) is 5.82 Å². The average molecular weight is 374 g/mol. The molecule has 27 heavy (non-hydrogen) atoms. The number of benzene rings is 1. The summed E-state index contributed by atoms with van der Waals surface area (Å²) in [6, 6.07) is 6.02. The van der Waals surface area contributed by atoms with Gasteiger partial charge < -0.3 is 9.47 Å². The fourth-order valence-corrected chi connectivity index (χ4v) is 3.73. The van der Waals surface area contributed by atoms with Crippen molar-refractivity contribution >= 4 is 57.5 Å². The lowest BCUT2D eigenvalue weighted by molar-refractivity contribution is 0.635. The Morgan fingerprint density at radius 2 is 2.00 bits per heavy atom. The van der Waals surface area contributed by atoms with Crippen molar-refractivity contribution < 1.29 is 4.39 Å². The van der Waals surface area contributed by atoms with Crippen LogP contribution in [0.3, 0.4) is 0 Å². The van der Waals surface area contributed by atoms with Crippen molar-refractivity contribution in [3.8, 4) is 0 Å². The molecule has 0 bridgehead atoms. The van der Waals surface area contributed by atoms with E-state index in [4.69, 9.17) is 35.1 Å². The van der Waals surface area contributed by atoms with Crippen LogP contribution >= 0.6 is 11.6 Å². The lowest BCUT2D eigenvalue weighted by Gasteiger charge is -2.33. The van der Waals surface area contributed by atoms with E-state index in [1.165, 1.54) is 18.2 Å². The maximum atomic E-state index is 14.8. The van der Waals surface area contributed by atoms with E-state index in [9.17, 15) is 9.18 Å². The summed E-state index contributed by atoms with van der Waals surface area (Å²) in [5, 5.41) is -1.55. The van der Waals surface area contributed by atoms with E-state index in [1.54, 1.807) is 17.2 Å². The number of aromatic nitrogens is 3. The highest BCUT2D eigenvalue weighted by atomic mass is 35.5. The fourth-order valence-electron chi connectivity index (χ4n) is 3.49. The van der Waals surface area contributed by atoms with Gasteiger partial charge in [-0.05, 0) is 31.0 Å². The first-order chi connectivity index (χ1) is 12.8. The zero-order chi connectivity index (χ0) is 19.3. The van der Waals surface area contributed by atoms with Crippen LogP contribution in [0.25, 0.3) is 10.9 Å². The molecule has 0 aliphatic carbocycles. The van der Waals surface area contributed by atoms with Crippen molar-refractivity contribution in [2.75, 3.05) is 11.4 Å². The van der Waals surface area contributed by atoms with Crippen LogP contribution in [-0.2, 0) is 11.7 Å². The first-order valence-corrected chi connectivity index (χ1v) is 8.66. The van der Waals surface area contributed by atoms with Gasteiger partial charge in [0.05, 0.1) is 40.1 Å². The first-order valence-electron chi connectivity index (χ1n) is 8.28. The van der Waals surface area contributed by atoms with Crippen molar-refractivity contribution in [2.24, 2.45) is 0 Å². The molecule has 0 amide bonds. The summed E-state index contributed by atoms with van der Waals surface area (Å²) in [6.45, 7) is 0.534. The summed E-state index contributed by atoms with van der Waals surface area (Å²) in [5.74, 6) is -0.405. The molecule has 4 rings (SSSR count). The number of rotatable bonds is 2. The van der Waals surface area contributed by atoms with Crippen LogP contribution < -0.4 is 10.6 Å². The van der Waals surface area contributed by atoms with Gasteiger partial charge in [0.1, 0.15) is 11.0 Å². The van der Waals surface area contributed by atoms with Gasteiger partial charge in [-0.1, -0.05) is 22.9 Å². The molecule has 5 nitrogen and oxygen atoms in total. The van der Waals surface area contributed by atoms with Gasteiger partial charge in [0, 0.05) is 18.3 Å². The largest absolute Gasteiger partial charge is 0.348 e. The SMILES string of the molecule is [B]C([B])([B])n1c(=O)nc(N2CCCc3c2ccnc3Cl)c2c(F)cccc21. The highest BCUT2D eigenvalue weighted by Crippen LogP contribution is 2.38. The molecule has 0 spiro atoms. The molecule has 1 aromatic carbocycles. The molecule has 0 unspecified atom stereocenters. The van der Waals surface area contributed by atoms with Crippen LogP contribution in [0.5, 0.6) is 0 Å². The lowest BCUT2D eigenvalue weighted by atomic mass is 9.49. The predicted octanol–water partition coefficient (Wildman–Crippen LogP) is 1.74. The van der Waals surface area contributed by atoms with Crippen molar-refractivity contribution in [1.29, 1.82) is 0 Å². The topological polar surface area (TPSA) is 51.0 Å². The molecule has 0 N–H and O–H groups in total. The summed E-state index contributed by atoms with van der Waals surface area (Å²) in [7, 11) is 17.1. The summed E-state index contributed by atoms with van der Waals surface area (Å²) >= 11 is 6.21. The summed E-state index contributed by atoms with van der Waals surface area (Å²) in [4.78, 5) is 22.6. The number of fused-ring (bicyclic) bond motifs is 2. The minimum absolute atomic E-state index is 0.101. The molecule has 10 heteroatoms. The Hall–Kier alpha value is -2.28. The van der Waals surface area contributed by atoms with Gasteiger partial charge in [0.25, 0.3) is 0 Å². The quantitative estimate of drug-likeness (QED) is 0.507. The minimum Gasteiger partial charge on any atom is -0.325 e. The Morgan fingerprint density at radius 1 is 1.22 bits per heavy atom. The van der Waals surface area contributed by atoms with Crippen LogP contribution in [0.15, 0.2) is 35.3 Å². The standard InChI is InChI=1S/C17H11B3ClFN4O/c18-17(19,20)26-12-5-1-4-10(22)13(12)15(24-16(26)27)25-8-2-3-9-11(25)6-7-23-14(9)21/h1,4-7H,2-3,8H2. The van der Waals surface area contributed by atoms with Crippen LogP contribution in [0.2, 0.25) is 5.15 Å². The molecule has 0 fully saturated rings. The molecule has 3 aromatic rings. The monoisotopic (exact) mass is 374 g/mol. The van der Waals surface area contributed by atoms with E-state index in [-0.39, 0.29) is 16.7 Å². The second-order valence-electron chi connectivity index (χ2n) is 6.43. The highest BCUT2D eigenvalue weighted by Gasteiger charge is 2.27. The first kappa shape index (κ1) is 18.1. The third-order valence-electron chi connectivity index (χ3n) is 4.57. The Morgan fingerprint density at radius 3 is 2.74 bits per heavy atom. The van der Waals surface area contributed by atoms with Crippen molar-refractivity contribution in [1.82, 2.24) is 14.5 Å². The molecule has 1 aliphatic rings. The molecule has 128 valence electrons. The molecular weight excluding hydrogens is 363 g/mol. The highest BCUT2D eigenvalue weighted by molar-refractivity contribution is 6.56. The van der Waals surface area contributed by atoms with Gasteiger partial charge in [-0.3, -0.25) is 0 Å². The van der Waals surface area contributed by atoms with E-state index in [0.717, 1.165) is 28.7 Å². The molecule has 0 saturated carbocycles. The van der Waals surface area contributed by atoms with E-state index in [2.05, 4.69) is 9.97 Å². The van der Waals surface area contributed by atoms with E-state index < -0.39 is 16.7 Å². The van der Waals surface area contributed by atoms with E-state index in [1.807, 2.05) is 0 Å².